The zero-order valence-corrected chi connectivity index (χ0v) is 16.6. The van der Waals surface area contributed by atoms with Gasteiger partial charge in [-0.15, -0.1) is 0 Å². The number of halogens is 3. The highest BCUT2D eigenvalue weighted by atomic mass is 19.4. The molecule has 2 aromatic carbocycles. The van der Waals surface area contributed by atoms with Gasteiger partial charge in [-0.05, 0) is 37.3 Å². The molecule has 0 aliphatic heterocycles. The number of nitrogens with one attached hydrogen (secondary N) is 1. The van der Waals surface area contributed by atoms with E-state index in [1.807, 2.05) is 0 Å². The van der Waals surface area contributed by atoms with Crippen LogP contribution < -0.4 is 19.5 Å². The van der Waals surface area contributed by atoms with Crippen LogP contribution in [-0.4, -0.2) is 39.3 Å². The first-order valence-corrected chi connectivity index (χ1v) is 8.60. The molecule has 7 nitrogen and oxygen atoms in total. The molecule has 0 heterocycles. The third-order valence-electron chi connectivity index (χ3n) is 4.03. The molecule has 0 spiro atoms. The van der Waals surface area contributed by atoms with Crippen LogP contribution in [0, 0.1) is 0 Å². The number of methoxy groups -OCH3 is 3. The van der Waals surface area contributed by atoms with Gasteiger partial charge in [0.05, 0.1) is 26.9 Å². The van der Waals surface area contributed by atoms with Crippen LogP contribution >= 0.6 is 0 Å². The van der Waals surface area contributed by atoms with Crippen molar-refractivity contribution >= 4 is 17.6 Å². The lowest BCUT2D eigenvalue weighted by molar-refractivity contribution is -0.137. The van der Waals surface area contributed by atoms with Crippen molar-refractivity contribution in [3.63, 3.8) is 0 Å². The maximum atomic E-state index is 12.8. The smallest absolute Gasteiger partial charge is 0.416 e. The first-order chi connectivity index (χ1) is 14.1. The summed E-state index contributed by atoms with van der Waals surface area (Å²) in [5, 5.41) is 2.29. The number of carbonyl (C=O) groups excluding carboxylic acids is 2. The van der Waals surface area contributed by atoms with Crippen molar-refractivity contribution in [3.8, 4) is 17.2 Å². The van der Waals surface area contributed by atoms with Gasteiger partial charge >= 0.3 is 12.1 Å². The molecule has 0 fully saturated rings. The van der Waals surface area contributed by atoms with E-state index >= 15 is 0 Å². The van der Waals surface area contributed by atoms with Crippen molar-refractivity contribution in [2.24, 2.45) is 0 Å². The summed E-state index contributed by atoms with van der Waals surface area (Å²) in [6.07, 6.45) is -5.85. The summed E-state index contributed by atoms with van der Waals surface area (Å²) >= 11 is 0. The molecule has 1 atom stereocenters. The van der Waals surface area contributed by atoms with Crippen LogP contribution in [0.3, 0.4) is 0 Å². The molecule has 1 unspecified atom stereocenters. The molecule has 2 aromatic rings. The van der Waals surface area contributed by atoms with Crippen molar-refractivity contribution < 1.29 is 41.7 Å². The number of carbonyl (C=O) groups is 2. The van der Waals surface area contributed by atoms with E-state index < -0.39 is 29.7 Å². The van der Waals surface area contributed by atoms with Gasteiger partial charge in [0.2, 0.25) is 5.75 Å². The maximum absolute atomic E-state index is 12.8. The fourth-order valence-corrected chi connectivity index (χ4v) is 2.56. The lowest BCUT2D eigenvalue weighted by atomic mass is 10.1. The lowest BCUT2D eigenvalue weighted by Gasteiger charge is -2.17. The fourth-order valence-electron chi connectivity index (χ4n) is 2.56. The average molecular weight is 427 g/mol. The standard InChI is InChI=1S/C20H20F3NO6/c1-11(18(25)24-13-7-5-6-12(10-13)20(21,22)23)30-19(26)14-8-9-15(27-2)17(29-4)16(14)28-3/h5-11H,1-4H3,(H,24,25). The van der Waals surface area contributed by atoms with Gasteiger partial charge in [0.15, 0.2) is 17.6 Å². The van der Waals surface area contributed by atoms with E-state index in [1.165, 1.54) is 46.5 Å². The van der Waals surface area contributed by atoms with E-state index in [-0.39, 0.29) is 22.7 Å². The van der Waals surface area contributed by atoms with Crippen LogP contribution in [0.5, 0.6) is 17.2 Å². The van der Waals surface area contributed by atoms with Gasteiger partial charge < -0.3 is 24.3 Å². The summed E-state index contributed by atoms with van der Waals surface area (Å²) < 4.78 is 59.0. The van der Waals surface area contributed by atoms with E-state index in [1.54, 1.807) is 0 Å². The Hall–Kier alpha value is -3.43. The van der Waals surface area contributed by atoms with Gasteiger partial charge in [0.1, 0.15) is 5.56 Å². The van der Waals surface area contributed by atoms with Gasteiger partial charge in [-0.3, -0.25) is 4.79 Å². The van der Waals surface area contributed by atoms with Gasteiger partial charge in [0, 0.05) is 5.69 Å². The third kappa shape index (κ3) is 5.13. The van der Waals surface area contributed by atoms with Crippen molar-refractivity contribution in [1.82, 2.24) is 0 Å². The van der Waals surface area contributed by atoms with Gasteiger partial charge in [0.25, 0.3) is 5.91 Å². The van der Waals surface area contributed by atoms with Crippen LogP contribution in [0.15, 0.2) is 36.4 Å². The van der Waals surface area contributed by atoms with Crippen LogP contribution in [0.1, 0.15) is 22.8 Å². The molecular formula is C20H20F3NO6. The summed E-state index contributed by atoms with van der Waals surface area (Å²) in [6, 6.07) is 6.94. The Labute approximate surface area is 170 Å². The fraction of sp³-hybridized carbons (Fsp3) is 0.300. The van der Waals surface area contributed by atoms with E-state index in [0.717, 1.165) is 18.2 Å². The minimum Gasteiger partial charge on any atom is -0.493 e. The second kappa shape index (κ2) is 9.38. The number of hydrogen-bond donors (Lipinski definition) is 1. The van der Waals surface area contributed by atoms with Gasteiger partial charge in [-0.1, -0.05) is 6.07 Å². The van der Waals surface area contributed by atoms with Crippen molar-refractivity contribution in [3.05, 3.63) is 47.5 Å². The number of anilines is 1. The molecular weight excluding hydrogens is 407 g/mol. The third-order valence-corrected chi connectivity index (χ3v) is 4.03. The second-order valence-electron chi connectivity index (χ2n) is 6.00. The van der Waals surface area contributed by atoms with Crippen molar-refractivity contribution in [2.75, 3.05) is 26.6 Å². The number of rotatable bonds is 7. The predicted octanol–water partition coefficient (Wildman–Crippen LogP) is 3.92. The first-order valence-electron chi connectivity index (χ1n) is 8.60. The number of ether oxygens (including phenoxy) is 4. The molecule has 1 N–H and O–H groups in total. The summed E-state index contributed by atoms with van der Waals surface area (Å²) in [5.74, 6) is -1.16. The zero-order chi connectivity index (χ0) is 22.5. The van der Waals surface area contributed by atoms with Crippen molar-refractivity contribution in [1.29, 1.82) is 0 Å². The Kier molecular flexibility index (Phi) is 7.14. The maximum Gasteiger partial charge on any atom is 0.416 e. The number of benzene rings is 2. The molecule has 0 aliphatic rings. The van der Waals surface area contributed by atoms with Gasteiger partial charge in [-0.25, -0.2) is 4.79 Å². The highest BCUT2D eigenvalue weighted by Crippen LogP contribution is 2.40. The van der Waals surface area contributed by atoms with E-state index in [0.29, 0.717) is 5.75 Å². The summed E-state index contributed by atoms with van der Waals surface area (Å²) in [6.45, 7) is 1.29. The second-order valence-corrected chi connectivity index (χ2v) is 6.00. The van der Waals surface area contributed by atoms with Gasteiger partial charge in [-0.2, -0.15) is 13.2 Å². The van der Waals surface area contributed by atoms with Crippen LogP contribution in [0.4, 0.5) is 18.9 Å². The lowest BCUT2D eigenvalue weighted by Crippen LogP contribution is -2.30. The van der Waals surface area contributed by atoms with Crippen molar-refractivity contribution in [2.45, 2.75) is 19.2 Å². The highest BCUT2D eigenvalue weighted by Gasteiger charge is 2.31. The number of amides is 1. The SMILES string of the molecule is COc1ccc(C(=O)OC(C)C(=O)Nc2cccc(C(F)(F)F)c2)c(OC)c1OC. The Morgan fingerprint density at radius 2 is 1.63 bits per heavy atom. The molecule has 0 radical (unpaired) electrons. The largest absolute Gasteiger partial charge is 0.493 e. The molecule has 1 amide bonds. The van der Waals surface area contributed by atoms with Crippen LogP contribution in [0.25, 0.3) is 0 Å². The topological polar surface area (TPSA) is 83.1 Å². The molecule has 0 saturated heterocycles. The Balaban J connectivity index is 2.15. The molecule has 162 valence electrons. The predicted molar refractivity (Wildman–Crippen MR) is 101 cm³/mol. The minimum atomic E-state index is -4.55. The zero-order valence-electron chi connectivity index (χ0n) is 16.6. The minimum absolute atomic E-state index is 0.0196. The molecule has 10 heteroatoms. The molecule has 0 saturated carbocycles. The van der Waals surface area contributed by atoms with E-state index in [4.69, 9.17) is 18.9 Å². The first kappa shape index (κ1) is 22.9. The van der Waals surface area contributed by atoms with Crippen LogP contribution in [-0.2, 0) is 15.7 Å². The molecule has 2 rings (SSSR count). The number of esters is 1. The summed E-state index contributed by atoms with van der Waals surface area (Å²) in [4.78, 5) is 24.8. The number of alkyl halides is 3. The number of hydrogen-bond acceptors (Lipinski definition) is 6. The average Bonchev–Trinajstić information content (AvgIpc) is 2.71. The summed E-state index contributed by atoms with van der Waals surface area (Å²) in [7, 11) is 4.09. The van der Waals surface area contributed by atoms with Crippen LogP contribution in [0.2, 0.25) is 0 Å². The summed E-state index contributed by atoms with van der Waals surface area (Å²) in [5.41, 5.74) is -1.02. The van der Waals surface area contributed by atoms with E-state index in [9.17, 15) is 22.8 Å². The molecule has 30 heavy (non-hydrogen) atoms. The Morgan fingerprint density at radius 1 is 0.967 bits per heavy atom. The highest BCUT2D eigenvalue weighted by molar-refractivity contribution is 5.99. The Morgan fingerprint density at radius 3 is 2.20 bits per heavy atom. The quantitative estimate of drug-likeness (QED) is 0.675. The van der Waals surface area contributed by atoms with E-state index in [2.05, 4.69) is 5.32 Å². The Bertz CT molecular complexity index is 929. The molecule has 0 aromatic heterocycles. The monoisotopic (exact) mass is 427 g/mol. The molecule has 0 aliphatic carbocycles. The normalized spacial score (nSPS) is 12.0. The molecule has 0 bridgehead atoms.